The van der Waals surface area contributed by atoms with Gasteiger partial charge >= 0.3 is 5.97 Å². The van der Waals surface area contributed by atoms with E-state index >= 15 is 0 Å². The highest BCUT2D eigenvalue weighted by Crippen LogP contribution is 2.15. The lowest BCUT2D eigenvalue weighted by atomic mass is 10.1. The van der Waals surface area contributed by atoms with Gasteiger partial charge in [-0.2, -0.15) is 0 Å². The molecule has 4 heteroatoms. The summed E-state index contributed by atoms with van der Waals surface area (Å²) in [5.74, 6) is -1.05. The van der Waals surface area contributed by atoms with Crippen LogP contribution in [0.2, 0.25) is 0 Å². The molecule has 64 valence electrons. The second-order valence-corrected chi connectivity index (χ2v) is 3.31. The second-order valence-electron chi connectivity index (χ2n) is 2.15. The summed E-state index contributed by atoms with van der Waals surface area (Å²) in [5, 5.41) is 8.59. The monoisotopic (exact) mass is 281 g/mol. The standard InChI is InChI=1S/C8H6FIO2/c9-4-6-2-1-5(8(11)12)3-7(6)10/h1-3H,4H2,(H,11,12)/i4D. The first kappa shape index (κ1) is 7.97. The predicted octanol–water partition coefficient (Wildman–Crippen LogP) is 2.46. The Morgan fingerprint density at radius 2 is 2.42 bits per heavy atom. The zero-order chi connectivity index (χ0) is 10.0. The van der Waals surface area contributed by atoms with E-state index in [-0.39, 0.29) is 11.1 Å². The SMILES string of the molecule is [2H]C(F)c1ccc(C(=O)O)cc1I. The number of benzene rings is 1. The maximum Gasteiger partial charge on any atom is 0.335 e. The third-order valence-electron chi connectivity index (χ3n) is 1.36. The first-order valence-corrected chi connectivity index (χ1v) is 4.19. The van der Waals surface area contributed by atoms with Crippen LogP contribution in [0.25, 0.3) is 0 Å². The zero-order valence-corrected chi connectivity index (χ0v) is 8.08. The molecule has 0 bridgehead atoms. The van der Waals surface area contributed by atoms with E-state index < -0.39 is 12.6 Å². The minimum Gasteiger partial charge on any atom is -0.478 e. The molecule has 0 aliphatic heterocycles. The number of carbonyl (C=O) groups is 1. The third-order valence-corrected chi connectivity index (χ3v) is 2.30. The number of hydrogen-bond donors (Lipinski definition) is 1. The average molecular weight is 281 g/mol. The lowest BCUT2D eigenvalue weighted by Crippen LogP contribution is -1.97. The summed E-state index contributed by atoms with van der Waals surface area (Å²) in [5.41, 5.74) is 0.305. The van der Waals surface area contributed by atoms with E-state index in [1.807, 2.05) is 22.6 Å². The zero-order valence-electron chi connectivity index (χ0n) is 6.92. The summed E-state index contributed by atoms with van der Waals surface area (Å²) >= 11 is 1.81. The summed E-state index contributed by atoms with van der Waals surface area (Å²) in [4.78, 5) is 10.5. The van der Waals surface area contributed by atoms with E-state index in [1.165, 1.54) is 18.2 Å². The fourth-order valence-electron chi connectivity index (χ4n) is 0.749. The average Bonchev–Trinajstić information content (AvgIpc) is 2.03. The molecule has 1 aromatic rings. The number of aromatic carboxylic acids is 1. The fourth-order valence-corrected chi connectivity index (χ4v) is 1.38. The number of halogens is 2. The van der Waals surface area contributed by atoms with E-state index in [2.05, 4.69) is 0 Å². The van der Waals surface area contributed by atoms with Gasteiger partial charge in [0.2, 0.25) is 0 Å². The molecule has 1 rings (SSSR count). The van der Waals surface area contributed by atoms with Crippen molar-refractivity contribution in [1.82, 2.24) is 0 Å². The molecule has 0 saturated heterocycles. The van der Waals surface area contributed by atoms with Gasteiger partial charge in [-0.15, -0.1) is 0 Å². The van der Waals surface area contributed by atoms with Crippen LogP contribution in [0.4, 0.5) is 4.39 Å². The number of carboxylic acids is 1. The maximum atomic E-state index is 12.5. The topological polar surface area (TPSA) is 37.3 Å². The summed E-state index contributed by atoms with van der Waals surface area (Å²) in [7, 11) is 0. The van der Waals surface area contributed by atoms with Crippen LogP contribution in [0, 0.1) is 3.57 Å². The van der Waals surface area contributed by atoms with Crippen LogP contribution in [0.3, 0.4) is 0 Å². The molecule has 2 nitrogen and oxygen atoms in total. The highest BCUT2D eigenvalue weighted by Gasteiger charge is 2.05. The van der Waals surface area contributed by atoms with Crippen molar-refractivity contribution >= 4 is 28.6 Å². The summed E-state index contributed by atoms with van der Waals surface area (Å²) in [6, 6.07) is 3.96. The van der Waals surface area contributed by atoms with Crippen LogP contribution in [0.5, 0.6) is 0 Å². The van der Waals surface area contributed by atoms with Gasteiger partial charge in [-0.05, 0) is 40.3 Å². The third kappa shape index (κ3) is 1.94. The molecule has 0 heterocycles. The number of hydrogen-bond acceptors (Lipinski definition) is 1. The van der Waals surface area contributed by atoms with Crippen molar-refractivity contribution in [2.24, 2.45) is 0 Å². The molecule has 0 spiro atoms. The van der Waals surface area contributed by atoms with E-state index in [0.29, 0.717) is 3.57 Å². The lowest BCUT2D eigenvalue weighted by Gasteiger charge is -1.99. The molecule has 1 aromatic carbocycles. The van der Waals surface area contributed by atoms with Gasteiger partial charge in [-0.25, -0.2) is 9.18 Å². The number of rotatable bonds is 2. The molecule has 0 saturated carbocycles. The van der Waals surface area contributed by atoms with Crippen molar-refractivity contribution in [2.45, 2.75) is 6.65 Å². The van der Waals surface area contributed by atoms with Crippen molar-refractivity contribution in [2.75, 3.05) is 0 Å². The summed E-state index contributed by atoms with van der Waals surface area (Å²) < 4.78 is 19.8. The van der Waals surface area contributed by atoms with E-state index in [1.54, 1.807) is 0 Å². The van der Waals surface area contributed by atoms with E-state index in [9.17, 15) is 9.18 Å². The van der Waals surface area contributed by atoms with Crippen molar-refractivity contribution < 1.29 is 15.7 Å². The van der Waals surface area contributed by atoms with Crippen LogP contribution < -0.4 is 0 Å². The predicted molar refractivity (Wildman–Crippen MR) is 50.9 cm³/mol. The van der Waals surface area contributed by atoms with Crippen LogP contribution in [-0.2, 0) is 6.65 Å². The Morgan fingerprint density at radius 1 is 1.75 bits per heavy atom. The van der Waals surface area contributed by atoms with Crippen LogP contribution >= 0.6 is 22.6 Å². The molecule has 1 atom stereocenters. The van der Waals surface area contributed by atoms with Crippen LogP contribution in [0.15, 0.2) is 18.2 Å². The molecule has 1 unspecified atom stereocenters. The molecule has 0 amide bonds. The molecular formula is C8H6FIO2. The summed E-state index contributed by atoms with van der Waals surface area (Å²) in [6.07, 6.45) is 0. The number of carboxylic acid groups (broad SMARTS) is 1. The Bertz CT molecular complexity index is 341. The van der Waals surface area contributed by atoms with Crippen LogP contribution in [-0.4, -0.2) is 11.1 Å². The Labute approximate surface area is 83.9 Å². The molecule has 0 aliphatic rings. The van der Waals surface area contributed by atoms with Crippen molar-refractivity contribution in [3.05, 3.63) is 32.9 Å². The quantitative estimate of drug-likeness (QED) is 0.845. The normalized spacial score (nSPS) is 13.7. The van der Waals surface area contributed by atoms with Gasteiger partial charge in [0.1, 0.15) is 6.65 Å². The Balaban J connectivity index is 3.13. The van der Waals surface area contributed by atoms with Gasteiger partial charge in [0.25, 0.3) is 0 Å². The van der Waals surface area contributed by atoms with Crippen molar-refractivity contribution in [3.63, 3.8) is 0 Å². The molecular weight excluding hydrogens is 274 g/mol. The maximum absolute atomic E-state index is 12.5. The van der Waals surface area contributed by atoms with Crippen molar-refractivity contribution in [3.8, 4) is 0 Å². The Morgan fingerprint density at radius 3 is 2.83 bits per heavy atom. The lowest BCUT2D eigenvalue weighted by molar-refractivity contribution is 0.0697. The van der Waals surface area contributed by atoms with Gasteiger partial charge in [0.15, 0.2) is 0 Å². The minimum absolute atomic E-state index is 0.105. The van der Waals surface area contributed by atoms with Gasteiger partial charge in [-0.3, -0.25) is 0 Å². The first-order chi connectivity index (χ1) is 6.02. The van der Waals surface area contributed by atoms with E-state index in [4.69, 9.17) is 6.48 Å². The largest absolute Gasteiger partial charge is 0.478 e. The van der Waals surface area contributed by atoms with E-state index in [0.717, 1.165) is 0 Å². The Hall–Kier alpha value is -0.650. The molecule has 0 fully saturated rings. The molecule has 12 heavy (non-hydrogen) atoms. The smallest absolute Gasteiger partial charge is 0.335 e. The highest BCUT2D eigenvalue weighted by molar-refractivity contribution is 14.1. The van der Waals surface area contributed by atoms with Gasteiger partial charge in [0, 0.05) is 3.57 Å². The summed E-state index contributed by atoms with van der Waals surface area (Å²) in [6.45, 7) is -1.81. The van der Waals surface area contributed by atoms with Gasteiger partial charge in [-0.1, -0.05) is 6.07 Å². The number of alkyl halides is 1. The van der Waals surface area contributed by atoms with Gasteiger partial charge < -0.3 is 5.11 Å². The minimum atomic E-state index is -1.81. The van der Waals surface area contributed by atoms with Crippen molar-refractivity contribution in [1.29, 1.82) is 0 Å². The first-order valence-electron chi connectivity index (χ1n) is 3.69. The fraction of sp³-hybridized carbons (Fsp3) is 0.125. The second kappa shape index (κ2) is 3.84. The van der Waals surface area contributed by atoms with Gasteiger partial charge in [0.05, 0.1) is 6.93 Å². The molecule has 0 aromatic heterocycles. The molecule has 0 aliphatic carbocycles. The molecule has 1 N–H and O–H groups in total. The van der Waals surface area contributed by atoms with Crippen LogP contribution in [0.1, 0.15) is 17.3 Å². The highest BCUT2D eigenvalue weighted by atomic mass is 127. The molecule has 0 radical (unpaired) electrons. The Kier molecular flexibility index (Phi) is 2.55.